The summed E-state index contributed by atoms with van der Waals surface area (Å²) in [7, 11) is 0. The van der Waals surface area contributed by atoms with E-state index in [1.54, 1.807) is 6.20 Å². The van der Waals surface area contributed by atoms with Gasteiger partial charge in [0.25, 0.3) is 0 Å². The van der Waals surface area contributed by atoms with Crippen LogP contribution in [0.5, 0.6) is 5.88 Å². The van der Waals surface area contributed by atoms with E-state index in [4.69, 9.17) is 5.11 Å². The standard InChI is InChI=1S/C7H10N2O/c1-5(2)7-8-4-3-6(10)9-7/h3-5H,1-2H3,(H,8,9,10). The van der Waals surface area contributed by atoms with Crippen LogP contribution in [-0.2, 0) is 0 Å². The molecule has 0 bridgehead atoms. The fourth-order valence-electron chi connectivity index (χ4n) is 0.642. The minimum Gasteiger partial charge on any atom is -0.493 e. The Morgan fingerprint density at radius 1 is 1.50 bits per heavy atom. The molecule has 1 aromatic rings. The summed E-state index contributed by atoms with van der Waals surface area (Å²) in [6.07, 6.45) is 1.55. The minimum absolute atomic E-state index is 0.0405. The van der Waals surface area contributed by atoms with Gasteiger partial charge in [-0.2, -0.15) is 4.98 Å². The van der Waals surface area contributed by atoms with Gasteiger partial charge in [0.1, 0.15) is 5.82 Å². The van der Waals surface area contributed by atoms with Gasteiger partial charge in [0.15, 0.2) is 0 Å². The third kappa shape index (κ3) is 1.43. The molecule has 0 amide bonds. The molecule has 0 aliphatic heterocycles. The largest absolute Gasteiger partial charge is 0.493 e. The van der Waals surface area contributed by atoms with E-state index in [0.29, 0.717) is 5.82 Å². The van der Waals surface area contributed by atoms with Crippen molar-refractivity contribution in [1.29, 1.82) is 0 Å². The second-order valence-corrected chi connectivity index (χ2v) is 2.43. The fraction of sp³-hybridized carbons (Fsp3) is 0.429. The molecule has 0 atom stereocenters. The van der Waals surface area contributed by atoms with E-state index in [9.17, 15) is 0 Å². The van der Waals surface area contributed by atoms with E-state index in [1.165, 1.54) is 6.07 Å². The first-order valence-electron chi connectivity index (χ1n) is 3.22. The zero-order valence-corrected chi connectivity index (χ0v) is 6.07. The fourth-order valence-corrected chi connectivity index (χ4v) is 0.642. The summed E-state index contributed by atoms with van der Waals surface area (Å²) >= 11 is 0. The van der Waals surface area contributed by atoms with Crippen molar-refractivity contribution >= 4 is 0 Å². The van der Waals surface area contributed by atoms with Crippen molar-refractivity contribution in [3.8, 4) is 5.88 Å². The van der Waals surface area contributed by atoms with Crippen molar-refractivity contribution < 1.29 is 5.11 Å². The normalized spacial score (nSPS) is 10.3. The Labute approximate surface area is 59.8 Å². The number of hydrogen-bond acceptors (Lipinski definition) is 3. The van der Waals surface area contributed by atoms with E-state index >= 15 is 0 Å². The van der Waals surface area contributed by atoms with E-state index in [2.05, 4.69) is 9.97 Å². The average Bonchev–Trinajstić information content (AvgIpc) is 1.88. The van der Waals surface area contributed by atoms with Crippen molar-refractivity contribution in [1.82, 2.24) is 9.97 Å². The molecule has 1 aromatic heterocycles. The molecule has 1 heterocycles. The highest BCUT2D eigenvalue weighted by Crippen LogP contribution is 2.10. The second-order valence-electron chi connectivity index (χ2n) is 2.43. The molecule has 1 rings (SSSR count). The lowest BCUT2D eigenvalue weighted by Crippen LogP contribution is -1.94. The van der Waals surface area contributed by atoms with Crippen LogP contribution in [0.4, 0.5) is 0 Å². The summed E-state index contributed by atoms with van der Waals surface area (Å²) in [6, 6.07) is 1.46. The number of aromatic nitrogens is 2. The zero-order valence-electron chi connectivity index (χ0n) is 6.07. The number of nitrogens with zero attached hydrogens (tertiary/aromatic N) is 2. The van der Waals surface area contributed by atoms with Gasteiger partial charge in [-0.3, -0.25) is 0 Å². The Morgan fingerprint density at radius 3 is 2.60 bits per heavy atom. The van der Waals surface area contributed by atoms with Gasteiger partial charge in [-0.25, -0.2) is 4.98 Å². The van der Waals surface area contributed by atoms with E-state index in [1.807, 2.05) is 13.8 Å². The van der Waals surface area contributed by atoms with Gasteiger partial charge in [0, 0.05) is 18.2 Å². The lowest BCUT2D eigenvalue weighted by Gasteiger charge is -2.00. The third-order valence-corrected chi connectivity index (χ3v) is 1.18. The van der Waals surface area contributed by atoms with E-state index < -0.39 is 0 Å². The summed E-state index contributed by atoms with van der Waals surface area (Å²) in [5.74, 6) is 0.991. The van der Waals surface area contributed by atoms with Gasteiger partial charge in [0.2, 0.25) is 5.88 Å². The Kier molecular flexibility index (Phi) is 1.85. The van der Waals surface area contributed by atoms with Crippen LogP contribution in [0.2, 0.25) is 0 Å². The molecule has 1 N–H and O–H groups in total. The van der Waals surface area contributed by atoms with Crippen LogP contribution in [-0.4, -0.2) is 15.1 Å². The lowest BCUT2D eigenvalue weighted by atomic mass is 10.2. The molecular weight excluding hydrogens is 128 g/mol. The van der Waals surface area contributed by atoms with Crippen LogP contribution in [0.1, 0.15) is 25.6 Å². The lowest BCUT2D eigenvalue weighted by molar-refractivity contribution is 0.447. The predicted octanol–water partition coefficient (Wildman–Crippen LogP) is 1.31. The first-order valence-corrected chi connectivity index (χ1v) is 3.22. The molecule has 0 spiro atoms. The first-order chi connectivity index (χ1) is 4.70. The monoisotopic (exact) mass is 138 g/mol. The quantitative estimate of drug-likeness (QED) is 0.636. The van der Waals surface area contributed by atoms with Crippen molar-refractivity contribution in [3.05, 3.63) is 18.1 Å². The summed E-state index contributed by atoms with van der Waals surface area (Å²) in [5, 5.41) is 8.91. The Hall–Kier alpha value is -1.12. The molecule has 0 aliphatic carbocycles. The smallest absolute Gasteiger partial charge is 0.214 e. The molecule has 0 aliphatic rings. The van der Waals surface area contributed by atoms with Gasteiger partial charge in [0.05, 0.1) is 0 Å². The van der Waals surface area contributed by atoms with Gasteiger partial charge in [-0.1, -0.05) is 13.8 Å². The highest BCUT2D eigenvalue weighted by molar-refractivity contribution is 5.07. The van der Waals surface area contributed by atoms with Crippen LogP contribution in [0.3, 0.4) is 0 Å². The Morgan fingerprint density at radius 2 is 2.20 bits per heavy atom. The minimum atomic E-state index is 0.0405. The molecule has 0 unspecified atom stereocenters. The van der Waals surface area contributed by atoms with Crippen LogP contribution in [0.25, 0.3) is 0 Å². The van der Waals surface area contributed by atoms with Crippen LogP contribution in [0, 0.1) is 0 Å². The van der Waals surface area contributed by atoms with Crippen LogP contribution >= 0.6 is 0 Å². The van der Waals surface area contributed by atoms with Crippen molar-refractivity contribution in [2.45, 2.75) is 19.8 Å². The maximum atomic E-state index is 8.91. The van der Waals surface area contributed by atoms with Gasteiger partial charge >= 0.3 is 0 Å². The van der Waals surface area contributed by atoms with Gasteiger partial charge in [-0.15, -0.1) is 0 Å². The molecule has 0 radical (unpaired) electrons. The maximum absolute atomic E-state index is 8.91. The van der Waals surface area contributed by atoms with Crippen molar-refractivity contribution in [2.24, 2.45) is 0 Å². The number of aromatic hydroxyl groups is 1. The van der Waals surface area contributed by atoms with Gasteiger partial charge < -0.3 is 5.11 Å². The predicted molar refractivity (Wildman–Crippen MR) is 37.8 cm³/mol. The number of hydrogen-bond donors (Lipinski definition) is 1. The highest BCUT2D eigenvalue weighted by Gasteiger charge is 2.01. The molecule has 0 aromatic carbocycles. The topological polar surface area (TPSA) is 46.0 Å². The van der Waals surface area contributed by atoms with Crippen LogP contribution < -0.4 is 0 Å². The van der Waals surface area contributed by atoms with E-state index in [0.717, 1.165) is 0 Å². The molecule has 3 heteroatoms. The molecular formula is C7H10N2O. The second kappa shape index (κ2) is 2.64. The first kappa shape index (κ1) is 6.99. The molecule has 3 nitrogen and oxygen atoms in total. The number of rotatable bonds is 1. The summed E-state index contributed by atoms with van der Waals surface area (Å²) < 4.78 is 0. The maximum Gasteiger partial charge on any atom is 0.214 e. The molecule has 10 heavy (non-hydrogen) atoms. The summed E-state index contributed by atoms with van der Waals surface area (Å²) in [6.45, 7) is 3.96. The van der Waals surface area contributed by atoms with Crippen molar-refractivity contribution in [2.75, 3.05) is 0 Å². The Bertz CT molecular complexity index is 223. The zero-order chi connectivity index (χ0) is 7.56. The summed E-state index contributed by atoms with van der Waals surface area (Å²) in [5.41, 5.74) is 0. The molecule has 0 fully saturated rings. The Balaban J connectivity index is 2.96. The molecule has 0 saturated carbocycles. The third-order valence-electron chi connectivity index (χ3n) is 1.18. The molecule has 54 valence electrons. The average molecular weight is 138 g/mol. The summed E-state index contributed by atoms with van der Waals surface area (Å²) in [4.78, 5) is 7.79. The van der Waals surface area contributed by atoms with Crippen LogP contribution in [0.15, 0.2) is 12.3 Å². The van der Waals surface area contributed by atoms with Gasteiger partial charge in [-0.05, 0) is 0 Å². The highest BCUT2D eigenvalue weighted by atomic mass is 16.3. The SMILES string of the molecule is CC(C)c1nccc(O)n1. The van der Waals surface area contributed by atoms with Crippen molar-refractivity contribution in [3.63, 3.8) is 0 Å². The van der Waals surface area contributed by atoms with E-state index in [-0.39, 0.29) is 11.8 Å². The molecule has 0 saturated heterocycles.